The average Bonchev–Trinajstić information content (AvgIpc) is 2.16. The van der Waals surface area contributed by atoms with Gasteiger partial charge in [0.2, 0.25) is 0 Å². The summed E-state index contributed by atoms with van der Waals surface area (Å²) >= 11 is 0. The Kier molecular flexibility index (Phi) is 3.69. The number of hydrogen-bond donors (Lipinski definition) is 2. The van der Waals surface area contributed by atoms with Crippen molar-refractivity contribution in [2.75, 3.05) is 0 Å². The van der Waals surface area contributed by atoms with Gasteiger partial charge in [-0.05, 0) is 18.6 Å². The van der Waals surface area contributed by atoms with E-state index in [0.717, 1.165) is 0 Å². The van der Waals surface area contributed by atoms with Crippen molar-refractivity contribution >= 4 is 10.1 Å². The maximum absolute atomic E-state index is 11.7. The highest BCUT2D eigenvalue weighted by Crippen LogP contribution is 2.21. The van der Waals surface area contributed by atoms with E-state index < -0.39 is 16.1 Å². The Morgan fingerprint density at radius 3 is 2.38 bits per heavy atom. The van der Waals surface area contributed by atoms with Gasteiger partial charge in [-0.3, -0.25) is 0 Å². The molecule has 1 rings (SSSR count). The smallest absolute Gasteiger partial charge is 0.301 e. The standard InChI is InChI=1S/C10H14O5S/c1-3-10(11,12)15-16(13,14)9-7-5-4-6-8(9)2/h4-7,11-12H,3H2,1-2H3. The number of aryl methyl sites for hydroxylation is 1. The molecule has 0 saturated carbocycles. The largest absolute Gasteiger partial charge is 0.343 e. The van der Waals surface area contributed by atoms with Crippen LogP contribution in [-0.2, 0) is 14.3 Å². The minimum Gasteiger partial charge on any atom is -0.343 e. The quantitative estimate of drug-likeness (QED) is 0.605. The van der Waals surface area contributed by atoms with Gasteiger partial charge in [0, 0.05) is 6.42 Å². The summed E-state index contributed by atoms with van der Waals surface area (Å²) in [7, 11) is -4.16. The van der Waals surface area contributed by atoms with Gasteiger partial charge in [-0.1, -0.05) is 25.1 Å². The van der Waals surface area contributed by atoms with Crippen molar-refractivity contribution in [3.8, 4) is 0 Å². The molecule has 0 aliphatic carbocycles. The molecule has 0 unspecified atom stereocenters. The third kappa shape index (κ3) is 3.02. The summed E-state index contributed by atoms with van der Waals surface area (Å²) in [6, 6.07) is 6.15. The molecule has 0 amide bonds. The second kappa shape index (κ2) is 4.50. The van der Waals surface area contributed by atoms with Gasteiger partial charge in [-0.2, -0.15) is 8.42 Å². The fourth-order valence-electron chi connectivity index (χ4n) is 1.12. The first-order valence-electron chi connectivity index (χ1n) is 4.74. The third-order valence-corrected chi connectivity index (χ3v) is 3.55. The second-order valence-corrected chi connectivity index (χ2v) is 4.91. The first-order chi connectivity index (χ1) is 7.28. The van der Waals surface area contributed by atoms with E-state index in [-0.39, 0.29) is 11.3 Å². The van der Waals surface area contributed by atoms with Crippen LogP contribution in [0.15, 0.2) is 29.2 Å². The first kappa shape index (κ1) is 13.1. The van der Waals surface area contributed by atoms with E-state index in [9.17, 15) is 8.42 Å². The van der Waals surface area contributed by atoms with Crippen LogP contribution in [0.2, 0.25) is 0 Å². The van der Waals surface area contributed by atoms with Crippen molar-refractivity contribution < 1.29 is 22.8 Å². The lowest BCUT2D eigenvalue weighted by Crippen LogP contribution is -2.33. The van der Waals surface area contributed by atoms with Gasteiger partial charge in [0.25, 0.3) is 5.97 Å². The molecule has 0 saturated heterocycles. The van der Waals surface area contributed by atoms with E-state index in [1.165, 1.54) is 19.1 Å². The van der Waals surface area contributed by atoms with Gasteiger partial charge < -0.3 is 10.2 Å². The van der Waals surface area contributed by atoms with Crippen LogP contribution < -0.4 is 0 Å². The van der Waals surface area contributed by atoms with Crippen LogP contribution in [0.5, 0.6) is 0 Å². The zero-order valence-electron chi connectivity index (χ0n) is 9.04. The number of hydrogen-bond acceptors (Lipinski definition) is 5. The van der Waals surface area contributed by atoms with Gasteiger partial charge in [0.1, 0.15) is 0 Å². The average molecular weight is 246 g/mol. The number of aliphatic hydroxyl groups is 2. The van der Waals surface area contributed by atoms with Crippen LogP contribution in [0.3, 0.4) is 0 Å². The van der Waals surface area contributed by atoms with Gasteiger partial charge in [0.05, 0.1) is 4.90 Å². The molecule has 5 nitrogen and oxygen atoms in total. The predicted octanol–water partition coefficient (Wildman–Crippen LogP) is 0.749. The predicted molar refractivity (Wildman–Crippen MR) is 56.9 cm³/mol. The molecule has 1 aromatic carbocycles. The third-order valence-electron chi connectivity index (χ3n) is 2.07. The summed E-state index contributed by atoms with van der Waals surface area (Å²) in [5.41, 5.74) is 0.481. The Hall–Kier alpha value is -0.950. The highest BCUT2D eigenvalue weighted by Gasteiger charge is 2.31. The summed E-state index contributed by atoms with van der Waals surface area (Å²) in [5.74, 6) is -2.67. The molecule has 0 heterocycles. The van der Waals surface area contributed by atoms with Crippen molar-refractivity contribution in [2.45, 2.75) is 31.1 Å². The maximum atomic E-state index is 11.7. The molecule has 0 aromatic heterocycles. The SMILES string of the molecule is CCC(O)(O)OS(=O)(=O)c1ccccc1C. The lowest BCUT2D eigenvalue weighted by atomic mass is 10.2. The number of rotatable bonds is 4. The Morgan fingerprint density at radius 1 is 1.31 bits per heavy atom. The summed E-state index contributed by atoms with van der Waals surface area (Å²) in [6.45, 7) is 2.99. The lowest BCUT2D eigenvalue weighted by molar-refractivity contribution is -0.290. The van der Waals surface area contributed by atoms with Gasteiger partial charge in [-0.25, -0.2) is 4.18 Å². The Labute approximate surface area is 94.4 Å². The summed E-state index contributed by atoms with van der Waals surface area (Å²) in [6.07, 6.45) is -0.252. The van der Waals surface area contributed by atoms with E-state index >= 15 is 0 Å². The highest BCUT2D eigenvalue weighted by atomic mass is 32.2. The fourth-order valence-corrected chi connectivity index (χ4v) is 2.38. The summed E-state index contributed by atoms with van der Waals surface area (Å²) in [5, 5.41) is 18.3. The Bertz CT molecular complexity index is 464. The first-order valence-corrected chi connectivity index (χ1v) is 6.15. The lowest BCUT2D eigenvalue weighted by Gasteiger charge is -2.19. The Morgan fingerprint density at radius 2 is 1.88 bits per heavy atom. The molecule has 0 bridgehead atoms. The molecule has 0 radical (unpaired) electrons. The zero-order valence-corrected chi connectivity index (χ0v) is 9.86. The van der Waals surface area contributed by atoms with Crippen LogP contribution in [0.4, 0.5) is 0 Å². The van der Waals surface area contributed by atoms with E-state index in [4.69, 9.17) is 10.2 Å². The summed E-state index contributed by atoms with van der Waals surface area (Å²) in [4.78, 5) is -0.0732. The molecule has 0 atom stereocenters. The minimum atomic E-state index is -4.16. The van der Waals surface area contributed by atoms with Crippen LogP contribution >= 0.6 is 0 Å². The van der Waals surface area contributed by atoms with Crippen LogP contribution in [0, 0.1) is 6.92 Å². The molecule has 16 heavy (non-hydrogen) atoms. The van der Waals surface area contributed by atoms with Crippen molar-refractivity contribution in [2.24, 2.45) is 0 Å². The van der Waals surface area contributed by atoms with Gasteiger partial charge in [0.15, 0.2) is 0 Å². The summed E-state index contributed by atoms with van der Waals surface area (Å²) < 4.78 is 27.7. The minimum absolute atomic E-state index is 0.0732. The molecule has 0 aliphatic rings. The monoisotopic (exact) mass is 246 g/mol. The molecule has 0 fully saturated rings. The normalized spacial score (nSPS) is 12.8. The van der Waals surface area contributed by atoms with Gasteiger partial charge in [-0.15, -0.1) is 0 Å². The van der Waals surface area contributed by atoms with Crippen molar-refractivity contribution in [3.63, 3.8) is 0 Å². The zero-order chi connectivity index (χ0) is 12.4. The molecule has 0 aliphatic heterocycles. The van der Waals surface area contributed by atoms with Crippen molar-refractivity contribution in [1.29, 1.82) is 0 Å². The van der Waals surface area contributed by atoms with E-state index in [1.807, 2.05) is 0 Å². The maximum Gasteiger partial charge on any atom is 0.301 e. The molecule has 6 heteroatoms. The second-order valence-electron chi connectivity index (χ2n) is 3.40. The Balaban J connectivity index is 3.09. The highest BCUT2D eigenvalue weighted by molar-refractivity contribution is 7.86. The topological polar surface area (TPSA) is 83.8 Å². The molecule has 1 aromatic rings. The molecular weight excluding hydrogens is 232 g/mol. The fraction of sp³-hybridized carbons (Fsp3) is 0.400. The molecule has 2 N–H and O–H groups in total. The van der Waals surface area contributed by atoms with Crippen LogP contribution in [0.25, 0.3) is 0 Å². The van der Waals surface area contributed by atoms with Crippen molar-refractivity contribution in [1.82, 2.24) is 0 Å². The van der Waals surface area contributed by atoms with Gasteiger partial charge >= 0.3 is 10.1 Å². The van der Waals surface area contributed by atoms with E-state index in [0.29, 0.717) is 5.56 Å². The molecular formula is C10H14O5S. The van der Waals surface area contributed by atoms with Crippen molar-refractivity contribution in [3.05, 3.63) is 29.8 Å². The van der Waals surface area contributed by atoms with E-state index in [2.05, 4.69) is 4.18 Å². The van der Waals surface area contributed by atoms with Crippen LogP contribution in [0.1, 0.15) is 18.9 Å². The van der Waals surface area contributed by atoms with E-state index in [1.54, 1.807) is 19.1 Å². The number of benzene rings is 1. The molecule has 90 valence electrons. The molecule has 0 spiro atoms. The van der Waals surface area contributed by atoms with Crippen LogP contribution in [-0.4, -0.2) is 24.6 Å².